The van der Waals surface area contributed by atoms with Gasteiger partial charge in [0.1, 0.15) is 0 Å². The fourth-order valence-corrected chi connectivity index (χ4v) is 1.41. The summed E-state index contributed by atoms with van der Waals surface area (Å²) in [4.78, 5) is 24.2. The summed E-state index contributed by atoms with van der Waals surface area (Å²) in [6.07, 6.45) is 1.52. The molecule has 0 aliphatic heterocycles. The third-order valence-electron chi connectivity index (χ3n) is 2.64. The van der Waals surface area contributed by atoms with E-state index in [9.17, 15) is 9.59 Å². The van der Waals surface area contributed by atoms with E-state index in [1.807, 2.05) is 18.9 Å². The second-order valence-corrected chi connectivity index (χ2v) is 4.02. The maximum Gasteiger partial charge on any atom is 0.307 e. The minimum absolute atomic E-state index is 0.117. The predicted molar refractivity (Wildman–Crippen MR) is 64.6 cm³/mol. The molecule has 0 spiro atoms. The second-order valence-electron chi connectivity index (χ2n) is 4.02. The molecular formula is C12H23NO4. The molecular weight excluding hydrogens is 222 g/mol. The predicted octanol–water partition coefficient (Wildman–Crippen LogP) is 1.21. The number of carbonyl (C=O) groups excluding carboxylic acids is 2. The normalized spacial score (nSPS) is 12.3. The molecule has 17 heavy (non-hydrogen) atoms. The summed E-state index contributed by atoms with van der Waals surface area (Å²) in [5.74, 6) is -0.378. The zero-order valence-corrected chi connectivity index (χ0v) is 11.2. The Hall–Kier alpha value is -1.10. The minimum atomic E-state index is -0.198. The van der Waals surface area contributed by atoms with Crippen LogP contribution in [0.4, 0.5) is 0 Å². The van der Waals surface area contributed by atoms with Crippen molar-refractivity contribution in [2.24, 2.45) is 0 Å². The molecule has 0 aliphatic rings. The maximum absolute atomic E-state index is 11.3. The van der Waals surface area contributed by atoms with Crippen molar-refractivity contribution in [2.45, 2.75) is 39.2 Å². The van der Waals surface area contributed by atoms with E-state index in [-0.39, 0.29) is 18.0 Å². The third kappa shape index (κ3) is 7.74. The molecule has 0 aromatic heterocycles. The zero-order chi connectivity index (χ0) is 13.3. The van der Waals surface area contributed by atoms with Crippen molar-refractivity contribution in [1.82, 2.24) is 4.90 Å². The summed E-state index contributed by atoms with van der Waals surface area (Å²) in [5, 5.41) is 0. The van der Waals surface area contributed by atoms with Crippen LogP contribution in [0.25, 0.3) is 0 Å². The van der Waals surface area contributed by atoms with Crippen LogP contribution >= 0.6 is 0 Å². The van der Waals surface area contributed by atoms with Crippen LogP contribution in [0, 0.1) is 0 Å². The molecule has 0 heterocycles. The maximum atomic E-state index is 11.3. The van der Waals surface area contributed by atoms with Crippen molar-refractivity contribution in [3.05, 3.63) is 0 Å². The van der Waals surface area contributed by atoms with Crippen molar-refractivity contribution in [2.75, 3.05) is 27.3 Å². The van der Waals surface area contributed by atoms with Crippen LogP contribution in [0.15, 0.2) is 0 Å². The van der Waals surface area contributed by atoms with Crippen LogP contribution in [-0.4, -0.2) is 50.2 Å². The summed E-state index contributed by atoms with van der Waals surface area (Å²) in [6.45, 7) is 4.94. The Kier molecular flexibility index (Phi) is 8.40. The van der Waals surface area contributed by atoms with E-state index in [0.717, 1.165) is 13.0 Å². The van der Waals surface area contributed by atoms with Gasteiger partial charge in [0.15, 0.2) is 0 Å². The SMILES string of the molecule is CCOC(=O)CC(C)N(C)CCCC(=O)OC. The minimum Gasteiger partial charge on any atom is -0.469 e. The molecule has 100 valence electrons. The van der Waals surface area contributed by atoms with Crippen molar-refractivity contribution < 1.29 is 19.1 Å². The molecule has 0 bridgehead atoms. The average Bonchev–Trinajstić information content (AvgIpc) is 2.28. The van der Waals surface area contributed by atoms with Gasteiger partial charge in [-0.2, -0.15) is 0 Å². The van der Waals surface area contributed by atoms with E-state index < -0.39 is 0 Å². The largest absolute Gasteiger partial charge is 0.469 e. The van der Waals surface area contributed by atoms with Crippen LogP contribution < -0.4 is 0 Å². The smallest absolute Gasteiger partial charge is 0.307 e. The standard InChI is InChI=1S/C12H23NO4/c1-5-17-12(15)9-10(2)13(3)8-6-7-11(14)16-4/h10H,5-9H2,1-4H3. The van der Waals surface area contributed by atoms with Crippen molar-refractivity contribution in [3.8, 4) is 0 Å². The number of esters is 2. The van der Waals surface area contributed by atoms with Crippen LogP contribution in [0.3, 0.4) is 0 Å². The molecule has 1 unspecified atom stereocenters. The van der Waals surface area contributed by atoms with Crippen LogP contribution in [0.5, 0.6) is 0 Å². The molecule has 0 aromatic rings. The molecule has 5 heteroatoms. The van der Waals surface area contributed by atoms with Crippen molar-refractivity contribution in [1.29, 1.82) is 0 Å². The molecule has 0 aromatic carbocycles. The lowest BCUT2D eigenvalue weighted by molar-refractivity contribution is -0.144. The first-order valence-electron chi connectivity index (χ1n) is 5.93. The monoisotopic (exact) mass is 245 g/mol. The molecule has 0 radical (unpaired) electrons. The average molecular weight is 245 g/mol. The number of methoxy groups -OCH3 is 1. The molecule has 0 fully saturated rings. The second kappa shape index (κ2) is 8.98. The number of nitrogens with zero attached hydrogens (tertiary/aromatic N) is 1. The van der Waals surface area contributed by atoms with Crippen LogP contribution in [0.1, 0.15) is 33.1 Å². The first-order valence-corrected chi connectivity index (χ1v) is 5.93. The van der Waals surface area contributed by atoms with Gasteiger partial charge >= 0.3 is 11.9 Å². The first-order chi connectivity index (χ1) is 8.01. The number of hydrogen-bond donors (Lipinski definition) is 0. The van der Waals surface area contributed by atoms with Gasteiger partial charge in [0.25, 0.3) is 0 Å². The fourth-order valence-electron chi connectivity index (χ4n) is 1.41. The fraction of sp³-hybridized carbons (Fsp3) is 0.833. The quantitative estimate of drug-likeness (QED) is 0.602. The molecule has 5 nitrogen and oxygen atoms in total. The lowest BCUT2D eigenvalue weighted by atomic mass is 10.2. The molecule has 0 saturated heterocycles. The molecule has 0 amide bonds. The summed E-state index contributed by atoms with van der Waals surface area (Å²) in [5.41, 5.74) is 0. The Morgan fingerprint density at radius 3 is 2.47 bits per heavy atom. The van der Waals surface area contributed by atoms with E-state index in [2.05, 4.69) is 4.74 Å². The Morgan fingerprint density at radius 1 is 1.29 bits per heavy atom. The van der Waals surface area contributed by atoms with Crippen molar-refractivity contribution in [3.63, 3.8) is 0 Å². The van der Waals surface area contributed by atoms with Gasteiger partial charge in [-0.1, -0.05) is 0 Å². The molecule has 0 aliphatic carbocycles. The Balaban J connectivity index is 3.77. The van der Waals surface area contributed by atoms with Gasteiger partial charge in [-0.15, -0.1) is 0 Å². The van der Waals surface area contributed by atoms with Gasteiger partial charge in [0.2, 0.25) is 0 Å². The highest BCUT2D eigenvalue weighted by molar-refractivity contribution is 5.70. The van der Waals surface area contributed by atoms with Crippen LogP contribution in [0.2, 0.25) is 0 Å². The molecule has 0 saturated carbocycles. The highest BCUT2D eigenvalue weighted by Crippen LogP contribution is 2.05. The summed E-state index contributed by atoms with van der Waals surface area (Å²) in [7, 11) is 3.32. The molecule has 1 atom stereocenters. The van der Waals surface area contributed by atoms with E-state index in [0.29, 0.717) is 19.4 Å². The van der Waals surface area contributed by atoms with E-state index in [1.165, 1.54) is 7.11 Å². The number of hydrogen-bond acceptors (Lipinski definition) is 5. The molecule has 0 N–H and O–H groups in total. The van der Waals surface area contributed by atoms with E-state index >= 15 is 0 Å². The van der Waals surface area contributed by atoms with E-state index in [4.69, 9.17) is 4.74 Å². The van der Waals surface area contributed by atoms with Gasteiger partial charge in [0.05, 0.1) is 20.1 Å². The highest BCUT2D eigenvalue weighted by Gasteiger charge is 2.14. The number of rotatable bonds is 8. The van der Waals surface area contributed by atoms with Gasteiger partial charge in [-0.25, -0.2) is 0 Å². The Morgan fingerprint density at radius 2 is 1.94 bits per heavy atom. The third-order valence-corrected chi connectivity index (χ3v) is 2.64. The van der Waals surface area contributed by atoms with Gasteiger partial charge in [-0.3, -0.25) is 9.59 Å². The topological polar surface area (TPSA) is 55.8 Å². The van der Waals surface area contributed by atoms with Gasteiger partial charge in [-0.05, 0) is 33.9 Å². The van der Waals surface area contributed by atoms with Gasteiger partial charge < -0.3 is 14.4 Å². The molecule has 0 rings (SSSR count). The number of ether oxygens (including phenoxy) is 2. The zero-order valence-electron chi connectivity index (χ0n) is 11.2. The summed E-state index contributed by atoms with van der Waals surface area (Å²) in [6, 6.07) is 0.117. The highest BCUT2D eigenvalue weighted by atomic mass is 16.5. The van der Waals surface area contributed by atoms with Gasteiger partial charge in [0, 0.05) is 12.5 Å². The summed E-state index contributed by atoms with van der Waals surface area (Å²) >= 11 is 0. The lowest BCUT2D eigenvalue weighted by Crippen LogP contribution is -2.32. The Labute approximate surface area is 103 Å². The van der Waals surface area contributed by atoms with E-state index in [1.54, 1.807) is 6.92 Å². The number of carbonyl (C=O) groups is 2. The lowest BCUT2D eigenvalue weighted by Gasteiger charge is -2.23. The Bertz CT molecular complexity index is 243. The van der Waals surface area contributed by atoms with Crippen molar-refractivity contribution >= 4 is 11.9 Å². The van der Waals surface area contributed by atoms with Crippen LogP contribution in [-0.2, 0) is 19.1 Å². The summed E-state index contributed by atoms with van der Waals surface area (Å²) < 4.78 is 9.44. The first kappa shape index (κ1) is 15.9.